The summed E-state index contributed by atoms with van der Waals surface area (Å²) in [5.41, 5.74) is 0. The quantitative estimate of drug-likeness (QED) is 0.260. The first-order valence-electron chi connectivity index (χ1n) is 4.03. The van der Waals surface area contributed by atoms with Gasteiger partial charge in [-0.3, -0.25) is 0 Å². The third-order valence-corrected chi connectivity index (χ3v) is 2.70. The molecule has 1 atom stereocenters. The Kier molecular flexibility index (Phi) is 14.8. The van der Waals surface area contributed by atoms with Crippen LogP contribution in [-0.4, -0.2) is 9.89 Å². The maximum atomic E-state index is 10.2. The molecule has 0 rings (SSSR count). The molecule has 0 spiro atoms. The molecule has 0 aromatic rings. The molecule has 0 aromatic carbocycles. The average Bonchev–Trinajstić information content (AvgIpc) is 1.97. The second kappa shape index (κ2) is 10.9. The number of unbranched alkanes of at least 4 members (excludes halogenated alkanes) is 3. The van der Waals surface area contributed by atoms with Crippen LogP contribution in [0.3, 0.4) is 0 Å². The molecule has 0 N–H and O–H groups in total. The van der Waals surface area contributed by atoms with E-state index in [1.54, 1.807) is 0 Å². The van der Waals surface area contributed by atoms with E-state index in [0.717, 1.165) is 19.3 Å². The Morgan fingerprint density at radius 1 is 1.42 bits per heavy atom. The van der Waals surface area contributed by atoms with Crippen LogP contribution in [0.5, 0.6) is 0 Å². The van der Waals surface area contributed by atoms with Crippen molar-refractivity contribution in [3.05, 3.63) is 0 Å². The molecule has 0 amide bonds. The molecule has 1 unspecified atom stereocenters. The van der Waals surface area contributed by atoms with Gasteiger partial charge in [0.25, 0.3) is 0 Å². The number of hydrogen-bond acceptors (Lipinski definition) is 2. The van der Waals surface area contributed by atoms with Gasteiger partial charge < -0.3 is 9.90 Å². The molecule has 0 heterocycles. The third-order valence-electron chi connectivity index (χ3n) is 1.57. The smallest absolute Gasteiger partial charge is 0.549 e. The van der Waals surface area contributed by atoms with Crippen LogP contribution in [0, 0.1) is 0 Å². The van der Waals surface area contributed by atoms with Crippen molar-refractivity contribution in [3.8, 4) is 0 Å². The Balaban J connectivity index is 0. The molecule has 0 saturated heterocycles. The van der Waals surface area contributed by atoms with E-state index in [0.29, 0.717) is 0 Å². The Hall–Kier alpha value is 1.84. The zero-order valence-electron chi connectivity index (χ0n) is 7.81. The Labute approximate surface area is 130 Å². The molecule has 4 heteroatoms. The Morgan fingerprint density at radius 2 is 2.00 bits per heavy atom. The first kappa shape index (κ1) is 16.3. The van der Waals surface area contributed by atoms with Crippen molar-refractivity contribution in [2.24, 2.45) is 0 Å². The first-order valence-corrected chi connectivity index (χ1v) is 5.28. The third kappa shape index (κ3) is 9.92. The number of carboxylic acid groups (broad SMARTS) is 1. The van der Waals surface area contributed by atoms with Crippen molar-refractivity contribution in [2.45, 2.75) is 43.0 Å². The summed E-state index contributed by atoms with van der Waals surface area (Å²) in [5.74, 6) is -0.929. The molecule has 66 valence electrons. The normalized spacial score (nSPS) is 11.8. The van der Waals surface area contributed by atoms with Crippen LogP contribution >= 0.6 is 22.6 Å². The van der Waals surface area contributed by atoms with Crippen molar-refractivity contribution in [1.29, 1.82) is 0 Å². The molecule has 0 aliphatic carbocycles. The van der Waals surface area contributed by atoms with Gasteiger partial charge in [0, 0.05) is 0 Å². The molecule has 0 radical (unpaired) electrons. The van der Waals surface area contributed by atoms with Gasteiger partial charge in [-0.15, -0.1) is 0 Å². The van der Waals surface area contributed by atoms with Crippen LogP contribution in [0.1, 0.15) is 39.0 Å². The molecular formula is C8H14IKO2. The fourth-order valence-corrected chi connectivity index (χ4v) is 1.31. The minimum Gasteiger partial charge on any atom is -0.549 e. The molecule has 2 nitrogen and oxygen atoms in total. The van der Waals surface area contributed by atoms with E-state index in [1.807, 2.05) is 22.6 Å². The average molecular weight is 308 g/mol. The predicted molar refractivity (Wildman–Crippen MR) is 51.6 cm³/mol. The number of carbonyl (C=O) groups is 1. The summed E-state index contributed by atoms with van der Waals surface area (Å²) in [4.78, 5) is 10.2. The van der Waals surface area contributed by atoms with Gasteiger partial charge in [-0.1, -0.05) is 55.2 Å². The summed E-state index contributed by atoms with van der Waals surface area (Å²) in [7, 11) is 0. The second-order valence-electron chi connectivity index (χ2n) is 2.64. The maximum Gasteiger partial charge on any atom is 1.00 e. The van der Waals surface area contributed by atoms with Gasteiger partial charge in [0.1, 0.15) is 0 Å². The SMILES string of the molecule is CCCCCCC(I)C(=O)[O-].[K+]. The number of aliphatic carboxylic acids is 1. The summed E-state index contributed by atoms with van der Waals surface area (Å²) in [5, 5.41) is 10.2. The van der Waals surface area contributed by atoms with E-state index < -0.39 is 5.97 Å². The van der Waals surface area contributed by atoms with Crippen LogP contribution < -0.4 is 56.5 Å². The zero-order chi connectivity index (χ0) is 8.69. The van der Waals surface area contributed by atoms with Crippen LogP contribution in [0.2, 0.25) is 0 Å². The molecule has 0 fully saturated rings. The monoisotopic (exact) mass is 308 g/mol. The Morgan fingerprint density at radius 3 is 2.42 bits per heavy atom. The van der Waals surface area contributed by atoms with Gasteiger partial charge in [0.05, 0.1) is 9.89 Å². The fraction of sp³-hybridized carbons (Fsp3) is 0.875. The summed E-state index contributed by atoms with van der Waals surface area (Å²) >= 11 is 1.92. The van der Waals surface area contributed by atoms with Crippen molar-refractivity contribution in [1.82, 2.24) is 0 Å². The van der Waals surface area contributed by atoms with E-state index in [-0.39, 0.29) is 55.3 Å². The minimum atomic E-state index is -0.929. The zero-order valence-corrected chi connectivity index (χ0v) is 13.1. The largest absolute Gasteiger partial charge is 1.00 e. The van der Waals surface area contributed by atoms with Crippen molar-refractivity contribution >= 4 is 28.6 Å². The van der Waals surface area contributed by atoms with Gasteiger partial charge in [0.2, 0.25) is 0 Å². The number of carbonyl (C=O) groups excluding carboxylic acids is 1. The predicted octanol–water partition coefficient (Wildman–Crippen LogP) is -1.49. The molecule has 0 saturated carbocycles. The molecular weight excluding hydrogens is 294 g/mol. The van der Waals surface area contributed by atoms with Crippen molar-refractivity contribution in [3.63, 3.8) is 0 Å². The van der Waals surface area contributed by atoms with Crippen LogP contribution in [0.25, 0.3) is 0 Å². The van der Waals surface area contributed by atoms with Crippen LogP contribution in [0.15, 0.2) is 0 Å². The topological polar surface area (TPSA) is 40.1 Å². The van der Waals surface area contributed by atoms with E-state index in [2.05, 4.69) is 6.92 Å². The standard InChI is InChI=1S/C8H15IO2.K/c1-2-3-4-5-6-7(9)8(10)11;/h7H,2-6H2,1H3,(H,10,11);/q;+1/p-1. The van der Waals surface area contributed by atoms with E-state index >= 15 is 0 Å². The number of hydrogen-bond donors (Lipinski definition) is 0. The van der Waals surface area contributed by atoms with Gasteiger partial charge in [-0.25, -0.2) is 0 Å². The summed E-state index contributed by atoms with van der Waals surface area (Å²) in [6, 6.07) is 0. The minimum absolute atomic E-state index is 0. The number of alkyl halides is 1. The van der Waals surface area contributed by atoms with Gasteiger partial charge in [0.15, 0.2) is 0 Å². The Bertz CT molecular complexity index is 120. The van der Waals surface area contributed by atoms with Crippen molar-refractivity contribution < 1.29 is 61.3 Å². The summed E-state index contributed by atoms with van der Waals surface area (Å²) in [6.45, 7) is 2.14. The van der Waals surface area contributed by atoms with E-state index in [9.17, 15) is 9.90 Å². The van der Waals surface area contributed by atoms with Gasteiger partial charge >= 0.3 is 51.4 Å². The number of rotatable bonds is 6. The van der Waals surface area contributed by atoms with Crippen LogP contribution in [-0.2, 0) is 4.79 Å². The maximum absolute atomic E-state index is 10.2. The second-order valence-corrected chi connectivity index (χ2v) is 4.14. The van der Waals surface area contributed by atoms with Crippen LogP contribution in [0.4, 0.5) is 0 Å². The number of carboxylic acids is 1. The summed E-state index contributed by atoms with van der Waals surface area (Å²) < 4.78 is -0.301. The van der Waals surface area contributed by atoms with Gasteiger partial charge in [-0.2, -0.15) is 0 Å². The van der Waals surface area contributed by atoms with Crippen molar-refractivity contribution in [2.75, 3.05) is 0 Å². The fourth-order valence-electron chi connectivity index (χ4n) is 0.868. The van der Waals surface area contributed by atoms with E-state index in [4.69, 9.17) is 0 Å². The first-order chi connectivity index (χ1) is 5.18. The molecule has 0 aliphatic heterocycles. The van der Waals surface area contributed by atoms with E-state index in [1.165, 1.54) is 12.8 Å². The van der Waals surface area contributed by atoms with Gasteiger partial charge in [-0.05, 0) is 6.42 Å². The molecule has 0 aliphatic rings. The number of halogens is 1. The summed E-state index contributed by atoms with van der Waals surface area (Å²) in [6.07, 6.45) is 5.30. The molecule has 0 bridgehead atoms. The molecule has 12 heavy (non-hydrogen) atoms. The molecule has 0 aromatic heterocycles.